The highest BCUT2D eigenvalue weighted by Crippen LogP contribution is 2.53. The van der Waals surface area contributed by atoms with Crippen molar-refractivity contribution in [3.05, 3.63) is 170 Å². The summed E-state index contributed by atoms with van der Waals surface area (Å²) in [6.07, 6.45) is 0. The Labute approximate surface area is 299 Å². The first kappa shape index (κ1) is 28.7. The van der Waals surface area contributed by atoms with Gasteiger partial charge in [-0.2, -0.15) is 0 Å². The Morgan fingerprint density at radius 1 is 0.385 bits per heavy atom. The lowest BCUT2D eigenvalue weighted by molar-refractivity contribution is 0.632. The molecule has 242 valence electrons. The summed E-state index contributed by atoms with van der Waals surface area (Å²) < 4.78 is 9.15. The summed E-state index contributed by atoms with van der Waals surface area (Å²) in [7, 11) is 0. The molecule has 7 aromatic carbocycles. The van der Waals surface area contributed by atoms with E-state index in [0.717, 1.165) is 61.3 Å². The summed E-state index contributed by atoms with van der Waals surface area (Å²) in [5.41, 5.74) is 12.8. The van der Waals surface area contributed by atoms with E-state index in [1.165, 1.54) is 27.5 Å². The minimum Gasteiger partial charge on any atom is -0.455 e. The van der Waals surface area contributed by atoms with Crippen LogP contribution in [0, 0.1) is 0 Å². The van der Waals surface area contributed by atoms with Gasteiger partial charge in [-0.25, -0.2) is 15.0 Å². The highest BCUT2D eigenvalue weighted by Gasteiger charge is 2.29. The molecule has 1 aliphatic rings. The van der Waals surface area contributed by atoms with Crippen LogP contribution in [0.15, 0.2) is 174 Å². The summed E-state index contributed by atoms with van der Waals surface area (Å²) in [6, 6.07) is 58.9. The fourth-order valence-electron chi connectivity index (χ4n) is 7.95. The van der Waals surface area contributed by atoms with Crippen LogP contribution in [0.4, 0.5) is 0 Å². The average molecular weight is 665 g/mol. The monoisotopic (exact) mass is 664 g/mol. The molecule has 0 atom stereocenters. The minimum absolute atomic E-state index is 0.623. The van der Waals surface area contributed by atoms with Gasteiger partial charge in [0.1, 0.15) is 11.3 Å². The highest BCUT2D eigenvalue weighted by molar-refractivity contribution is 6.31. The van der Waals surface area contributed by atoms with Crippen molar-refractivity contribution in [3.8, 4) is 73.4 Å². The van der Waals surface area contributed by atoms with E-state index in [1.54, 1.807) is 0 Å². The van der Waals surface area contributed by atoms with E-state index in [-0.39, 0.29) is 0 Å². The second kappa shape index (κ2) is 11.2. The van der Waals surface area contributed by atoms with Gasteiger partial charge in [-0.1, -0.05) is 140 Å². The maximum absolute atomic E-state index is 6.77. The summed E-state index contributed by atoms with van der Waals surface area (Å²) in [4.78, 5) is 15.0. The van der Waals surface area contributed by atoms with E-state index in [2.05, 4.69) is 108 Å². The maximum atomic E-state index is 6.77. The predicted molar refractivity (Wildman–Crippen MR) is 210 cm³/mol. The lowest BCUT2D eigenvalue weighted by Crippen LogP contribution is -2.01. The van der Waals surface area contributed by atoms with Gasteiger partial charge in [0.05, 0.1) is 11.0 Å². The lowest BCUT2D eigenvalue weighted by atomic mass is 9.93. The zero-order valence-corrected chi connectivity index (χ0v) is 27.9. The third-order valence-electron chi connectivity index (χ3n) is 10.2. The minimum atomic E-state index is 0.623. The molecular formula is C47H28N4O. The van der Waals surface area contributed by atoms with Gasteiger partial charge in [-0.05, 0) is 47.0 Å². The molecule has 3 aromatic heterocycles. The zero-order valence-electron chi connectivity index (χ0n) is 27.9. The topological polar surface area (TPSA) is 56.7 Å². The number of hydrogen-bond acceptors (Lipinski definition) is 4. The van der Waals surface area contributed by atoms with Crippen LogP contribution in [0.3, 0.4) is 0 Å². The van der Waals surface area contributed by atoms with Crippen LogP contribution in [0.25, 0.3) is 106 Å². The van der Waals surface area contributed by atoms with E-state index >= 15 is 0 Å². The van der Waals surface area contributed by atoms with Crippen molar-refractivity contribution in [1.29, 1.82) is 0 Å². The molecule has 11 rings (SSSR count). The molecule has 0 unspecified atom stereocenters. The largest absolute Gasteiger partial charge is 0.455 e. The van der Waals surface area contributed by atoms with E-state index in [4.69, 9.17) is 19.4 Å². The maximum Gasteiger partial charge on any atom is 0.164 e. The molecule has 0 N–H and O–H groups in total. The molecule has 0 aliphatic heterocycles. The van der Waals surface area contributed by atoms with Crippen molar-refractivity contribution in [2.75, 3.05) is 0 Å². The van der Waals surface area contributed by atoms with Gasteiger partial charge in [0, 0.05) is 49.7 Å². The van der Waals surface area contributed by atoms with Gasteiger partial charge in [0.25, 0.3) is 0 Å². The number of hydrogen-bond donors (Lipinski definition) is 0. The first-order valence-corrected chi connectivity index (χ1v) is 17.5. The fourth-order valence-corrected chi connectivity index (χ4v) is 7.95. The van der Waals surface area contributed by atoms with Crippen LogP contribution < -0.4 is 0 Å². The second-order valence-electron chi connectivity index (χ2n) is 13.2. The van der Waals surface area contributed by atoms with Gasteiger partial charge >= 0.3 is 0 Å². The van der Waals surface area contributed by atoms with Crippen LogP contribution in [0.5, 0.6) is 0 Å². The Morgan fingerprint density at radius 3 is 1.62 bits per heavy atom. The summed E-state index contributed by atoms with van der Waals surface area (Å²) >= 11 is 0. The number of fused-ring (bicyclic) bond motifs is 3. The van der Waals surface area contributed by atoms with E-state index in [0.29, 0.717) is 17.5 Å². The van der Waals surface area contributed by atoms with E-state index in [1.807, 2.05) is 66.7 Å². The number of furan rings is 1. The smallest absolute Gasteiger partial charge is 0.164 e. The van der Waals surface area contributed by atoms with Gasteiger partial charge in [0.2, 0.25) is 0 Å². The Balaban J connectivity index is 1.18. The molecule has 0 spiro atoms. The number of rotatable bonds is 5. The fraction of sp³-hybridized carbons (Fsp3) is 0. The highest BCUT2D eigenvalue weighted by atomic mass is 16.3. The van der Waals surface area contributed by atoms with Crippen LogP contribution in [-0.2, 0) is 0 Å². The van der Waals surface area contributed by atoms with Crippen LogP contribution in [0.2, 0.25) is 0 Å². The molecule has 0 saturated carbocycles. The summed E-state index contributed by atoms with van der Waals surface area (Å²) in [5, 5.41) is 3.56. The molecule has 52 heavy (non-hydrogen) atoms. The molecule has 0 bridgehead atoms. The molecular weight excluding hydrogens is 637 g/mol. The standard InChI is InChI=1S/C47H28N4O/c1-4-14-29(15-5-1)44-41-36-23-11-10-22-34(36)35-24-13-25-37-40(35)42-38(26-27-39(52-44)43(41)42)51(37)33-21-12-20-32(28-33)47-49-45(30-16-6-2-7-17-30)48-46(50-47)31-18-8-3-9-19-31/h1-28H. The van der Waals surface area contributed by atoms with Crippen molar-refractivity contribution in [2.45, 2.75) is 0 Å². The third-order valence-corrected chi connectivity index (χ3v) is 10.2. The third kappa shape index (κ3) is 4.26. The van der Waals surface area contributed by atoms with Gasteiger partial charge in [-0.3, -0.25) is 0 Å². The molecule has 10 aromatic rings. The SMILES string of the molecule is c1ccc(-c2nc(-c3ccccc3)nc(-c3cccc(-n4c5cccc6c5c5c7c(c(-c8ccccc8)oc7ccc54)-c4ccccc4-6)c3)n2)cc1. The van der Waals surface area contributed by atoms with Crippen molar-refractivity contribution in [2.24, 2.45) is 0 Å². The Kier molecular flexibility index (Phi) is 6.18. The van der Waals surface area contributed by atoms with Gasteiger partial charge in [0.15, 0.2) is 17.5 Å². The molecule has 5 heteroatoms. The molecule has 0 fully saturated rings. The Morgan fingerprint density at radius 2 is 0.923 bits per heavy atom. The number of benzene rings is 7. The molecule has 0 radical (unpaired) electrons. The van der Waals surface area contributed by atoms with Crippen molar-refractivity contribution >= 4 is 32.8 Å². The van der Waals surface area contributed by atoms with Gasteiger partial charge in [-0.15, -0.1) is 0 Å². The van der Waals surface area contributed by atoms with E-state index < -0.39 is 0 Å². The lowest BCUT2D eigenvalue weighted by Gasteiger charge is -2.13. The average Bonchev–Trinajstić information content (AvgIpc) is 3.74. The van der Waals surface area contributed by atoms with Crippen molar-refractivity contribution in [3.63, 3.8) is 0 Å². The van der Waals surface area contributed by atoms with Crippen LogP contribution in [-0.4, -0.2) is 19.5 Å². The first-order valence-electron chi connectivity index (χ1n) is 17.5. The van der Waals surface area contributed by atoms with Crippen LogP contribution >= 0.6 is 0 Å². The summed E-state index contributed by atoms with van der Waals surface area (Å²) in [5.74, 6) is 2.80. The summed E-state index contributed by atoms with van der Waals surface area (Å²) in [6.45, 7) is 0. The van der Waals surface area contributed by atoms with Crippen molar-refractivity contribution in [1.82, 2.24) is 19.5 Å². The predicted octanol–water partition coefficient (Wildman–Crippen LogP) is 12.0. The normalized spacial score (nSPS) is 11.8. The molecule has 0 saturated heterocycles. The number of aromatic nitrogens is 4. The quantitative estimate of drug-likeness (QED) is 0.184. The molecule has 0 amide bonds. The van der Waals surface area contributed by atoms with Gasteiger partial charge < -0.3 is 8.98 Å². The Bertz CT molecular complexity index is 2940. The van der Waals surface area contributed by atoms with Crippen LogP contribution in [0.1, 0.15) is 0 Å². The molecule has 3 heterocycles. The first-order chi connectivity index (χ1) is 25.8. The zero-order chi connectivity index (χ0) is 34.2. The van der Waals surface area contributed by atoms with E-state index in [9.17, 15) is 0 Å². The molecule has 1 aliphatic carbocycles. The van der Waals surface area contributed by atoms with Crippen molar-refractivity contribution < 1.29 is 4.42 Å². The Hall–Kier alpha value is -7.11. The second-order valence-corrected chi connectivity index (χ2v) is 13.2. The molecule has 5 nitrogen and oxygen atoms in total. The number of nitrogens with zero attached hydrogens (tertiary/aromatic N) is 4.